The molecule has 0 saturated carbocycles. The molecule has 3 aromatic rings. The van der Waals surface area contributed by atoms with Crippen LogP contribution < -0.4 is 4.90 Å². The Kier molecular flexibility index (Phi) is 5.54. The Hall–Kier alpha value is -2.19. The normalized spacial score (nSPS) is 14.7. The smallest absolute Gasteiger partial charge is 0.223 e. The number of thiophene rings is 1. The Morgan fingerprint density at radius 1 is 1.15 bits per heavy atom. The van der Waals surface area contributed by atoms with Crippen molar-refractivity contribution in [1.82, 2.24) is 14.9 Å². The Bertz CT molecular complexity index is 940. The van der Waals surface area contributed by atoms with Gasteiger partial charge in [0, 0.05) is 43.2 Å². The minimum Gasteiger partial charge on any atom is -0.352 e. The highest BCUT2D eigenvalue weighted by atomic mass is 32.2. The first kappa shape index (κ1) is 18.2. The Balaban J connectivity index is 1.29. The summed E-state index contributed by atoms with van der Waals surface area (Å²) >= 11 is 3.00. The van der Waals surface area contributed by atoms with Crippen LogP contribution in [-0.4, -0.2) is 52.7 Å². The second-order valence-electron chi connectivity index (χ2n) is 6.23. The summed E-state index contributed by atoms with van der Waals surface area (Å²) in [6.07, 6.45) is 2.02. The van der Waals surface area contributed by atoms with Gasteiger partial charge < -0.3 is 9.80 Å². The fraction of sp³-hybridized carbons (Fsp3) is 0.316. The molecule has 0 radical (unpaired) electrons. The molecule has 1 aliphatic heterocycles. The molecule has 1 saturated heterocycles. The molecule has 140 valence electrons. The standard InChI is InChI=1S/C19H19FN4OS2/c20-15-3-1-2-4-16(15)26-12-6-17(25)23-7-9-24(10-8-23)18-14-5-11-27-19(14)22-13-21-18/h1-5,11,13H,6-10,12H2. The van der Waals surface area contributed by atoms with E-state index in [-0.39, 0.29) is 11.7 Å². The molecule has 5 nitrogen and oxygen atoms in total. The summed E-state index contributed by atoms with van der Waals surface area (Å²) in [7, 11) is 0. The van der Waals surface area contributed by atoms with Gasteiger partial charge in [0.15, 0.2) is 0 Å². The van der Waals surface area contributed by atoms with Crippen LogP contribution in [0.25, 0.3) is 10.2 Å². The van der Waals surface area contributed by atoms with Gasteiger partial charge in [-0.1, -0.05) is 12.1 Å². The van der Waals surface area contributed by atoms with E-state index >= 15 is 0 Å². The fourth-order valence-electron chi connectivity index (χ4n) is 3.16. The van der Waals surface area contributed by atoms with Gasteiger partial charge in [-0.2, -0.15) is 0 Å². The zero-order valence-electron chi connectivity index (χ0n) is 14.7. The highest BCUT2D eigenvalue weighted by Crippen LogP contribution is 2.27. The van der Waals surface area contributed by atoms with Crippen molar-refractivity contribution in [2.24, 2.45) is 0 Å². The third-order valence-corrected chi connectivity index (χ3v) is 6.45. The molecule has 27 heavy (non-hydrogen) atoms. The molecule has 8 heteroatoms. The van der Waals surface area contributed by atoms with Crippen LogP contribution in [0.3, 0.4) is 0 Å². The molecular weight excluding hydrogens is 383 g/mol. The summed E-state index contributed by atoms with van der Waals surface area (Å²) in [5.74, 6) is 1.43. The molecule has 0 bridgehead atoms. The topological polar surface area (TPSA) is 49.3 Å². The van der Waals surface area contributed by atoms with E-state index in [0.717, 1.165) is 29.1 Å². The largest absolute Gasteiger partial charge is 0.352 e. The van der Waals surface area contributed by atoms with Crippen molar-refractivity contribution in [2.75, 3.05) is 36.8 Å². The third kappa shape index (κ3) is 4.06. The minimum atomic E-state index is -0.229. The van der Waals surface area contributed by atoms with Crippen LogP contribution in [0.15, 0.2) is 46.9 Å². The average molecular weight is 403 g/mol. The number of rotatable bonds is 5. The molecule has 1 amide bonds. The maximum atomic E-state index is 13.6. The molecule has 0 spiro atoms. The van der Waals surface area contributed by atoms with Gasteiger partial charge in [-0.15, -0.1) is 23.1 Å². The maximum Gasteiger partial charge on any atom is 0.223 e. The van der Waals surface area contributed by atoms with E-state index in [1.807, 2.05) is 22.4 Å². The fourth-order valence-corrected chi connectivity index (χ4v) is 4.77. The van der Waals surface area contributed by atoms with Crippen molar-refractivity contribution in [1.29, 1.82) is 0 Å². The molecule has 1 aliphatic rings. The van der Waals surface area contributed by atoms with E-state index in [0.29, 0.717) is 30.2 Å². The van der Waals surface area contributed by atoms with Crippen molar-refractivity contribution in [3.63, 3.8) is 0 Å². The molecule has 2 aromatic heterocycles. The van der Waals surface area contributed by atoms with Crippen molar-refractivity contribution in [3.8, 4) is 0 Å². The molecule has 0 N–H and O–H groups in total. The monoisotopic (exact) mass is 402 g/mol. The molecule has 0 atom stereocenters. The molecular formula is C19H19FN4OS2. The number of aromatic nitrogens is 2. The molecule has 3 heterocycles. The van der Waals surface area contributed by atoms with Gasteiger partial charge >= 0.3 is 0 Å². The van der Waals surface area contributed by atoms with Crippen LogP contribution in [0.1, 0.15) is 6.42 Å². The summed E-state index contributed by atoms with van der Waals surface area (Å²) in [6.45, 7) is 2.87. The molecule has 1 fully saturated rings. The first-order chi connectivity index (χ1) is 13.2. The van der Waals surface area contributed by atoms with Crippen LogP contribution in [0, 0.1) is 5.82 Å². The number of nitrogens with zero attached hydrogens (tertiary/aromatic N) is 4. The quantitative estimate of drug-likeness (QED) is 0.610. The van der Waals surface area contributed by atoms with Crippen molar-refractivity contribution in [3.05, 3.63) is 47.9 Å². The van der Waals surface area contributed by atoms with Gasteiger partial charge in [0.1, 0.15) is 22.8 Å². The molecule has 0 unspecified atom stereocenters. The number of hydrogen-bond acceptors (Lipinski definition) is 6. The average Bonchev–Trinajstić information content (AvgIpc) is 3.18. The zero-order chi connectivity index (χ0) is 18.6. The van der Waals surface area contributed by atoms with Crippen LogP contribution in [0.4, 0.5) is 10.2 Å². The van der Waals surface area contributed by atoms with Crippen LogP contribution >= 0.6 is 23.1 Å². The number of piperazine rings is 1. The molecule has 0 aliphatic carbocycles. The highest BCUT2D eigenvalue weighted by molar-refractivity contribution is 7.99. The lowest BCUT2D eigenvalue weighted by molar-refractivity contribution is -0.131. The summed E-state index contributed by atoms with van der Waals surface area (Å²) in [6, 6.07) is 8.72. The summed E-state index contributed by atoms with van der Waals surface area (Å²) < 4.78 is 13.6. The maximum absolute atomic E-state index is 13.6. The lowest BCUT2D eigenvalue weighted by Gasteiger charge is -2.35. The Morgan fingerprint density at radius 2 is 1.96 bits per heavy atom. The number of carbonyl (C=O) groups excluding carboxylic acids is 1. The Morgan fingerprint density at radius 3 is 2.78 bits per heavy atom. The van der Waals surface area contributed by atoms with Gasteiger partial charge in [0.2, 0.25) is 5.91 Å². The second-order valence-corrected chi connectivity index (χ2v) is 8.26. The third-order valence-electron chi connectivity index (χ3n) is 4.58. The van der Waals surface area contributed by atoms with E-state index in [1.54, 1.807) is 29.8 Å². The van der Waals surface area contributed by atoms with E-state index in [1.165, 1.54) is 17.8 Å². The first-order valence-electron chi connectivity index (χ1n) is 8.80. The number of anilines is 1. The van der Waals surface area contributed by atoms with Gasteiger partial charge in [-0.05, 0) is 23.6 Å². The van der Waals surface area contributed by atoms with Crippen LogP contribution in [0.5, 0.6) is 0 Å². The number of benzene rings is 1. The predicted octanol–water partition coefficient (Wildman–Crippen LogP) is 3.66. The van der Waals surface area contributed by atoms with Gasteiger partial charge in [-0.25, -0.2) is 14.4 Å². The van der Waals surface area contributed by atoms with E-state index in [9.17, 15) is 9.18 Å². The van der Waals surface area contributed by atoms with Crippen molar-refractivity contribution >= 4 is 45.0 Å². The SMILES string of the molecule is O=C(CCSc1ccccc1F)N1CCN(c2ncnc3sccc23)CC1. The van der Waals surface area contributed by atoms with E-state index in [4.69, 9.17) is 0 Å². The van der Waals surface area contributed by atoms with E-state index in [2.05, 4.69) is 14.9 Å². The van der Waals surface area contributed by atoms with Crippen LogP contribution in [-0.2, 0) is 4.79 Å². The minimum absolute atomic E-state index is 0.127. The van der Waals surface area contributed by atoms with Gasteiger partial charge in [-0.3, -0.25) is 4.79 Å². The number of thioether (sulfide) groups is 1. The predicted molar refractivity (Wildman–Crippen MR) is 108 cm³/mol. The second kappa shape index (κ2) is 8.22. The highest BCUT2D eigenvalue weighted by Gasteiger charge is 2.23. The molecule has 4 rings (SSSR count). The lowest BCUT2D eigenvalue weighted by Crippen LogP contribution is -2.49. The number of halogens is 1. The van der Waals surface area contributed by atoms with Crippen molar-refractivity contribution < 1.29 is 9.18 Å². The number of carbonyl (C=O) groups is 1. The first-order valence-corrected chi connectivity index (χ1v) is 10.7. The number of fused-ring (bicyclic) bond motifs is 1. The van der Waals surface area contributed by atoms with Crippen LogP contribution in [0.2, 0.25) is 0 Å². The summed E-state index contributed by atoms with van der Waals surface area (Å²) in [5, 5.41) is 3.10. The number of amides is 1. The molecule has 1 aromatic carbocycles. The number of hydrogen-bond donors (Lipinski definition) is 0. The lowest BCUT2D eigenvalue weighted by atomic mass is 10.2. The van der Waals surface area contributed by atoms with Gasteiger partial charge in [0.05, 0.1) is 5.39 Å². The van der Waals surface area contributed by atoms with E-state index < -0.39 is 0 Å². The van der Waals surface area contributed by atoms with Crippen molar-refractivity contribution in [2.45, 2.75) is 11.3 Å². The summed E-state index contributed by atoms with van der Waals surface area (Å²) in [5.41, 5.74) is 0. The Labute approximate surface area is 165 Å². The van der Waals surface area contributed by atoms with Gasteiger partial charge in [0.25, 0.3) is 0 Å². The summed E-state index contributed by atoms with van der Waals surface area (Å²) in [4.78, 5) is 26.9. The zero-order valence-corrected chi connectivity index (χ0v) is 16.3.